The van der Waals surface area contributed by atoms with Gasteiger partial charge in [-0.2, -0.15) is 5.26 Å². The summed E-state index contributed by atoms with van der Waals surface area (Å²) in [6.45, 7) is 0. The number of hydrogen-bond donors (Lipinski definition) is 2. The summed E-state index contributed by atoms with van der Waals surface area (Å²) in [5, 5.41) is 14.9. The van der Waals surface area contributed by atoms with Crippen LogP contribution >= 0.6 is 11.6 Å². The van der Waals surface area contributed by atoms with E-state index in [-0.39, 0.29) is 11.6 Å². The molecule has 1 amide bonds. The van der Waals surface area contributed by atoms with Crippen molar-refractivity contribution in [1.29, 1.82) is 5.26 Å². The van der Waals surface area contributed by atoms with Crippen molar-refractivity contribution in [1.82, 2.24) is 9.97 Å². The molecule has 0 aliphatic heterocycles. The first kappa shape index (κ1) is 18.2. The summed E-state index contributed by atoms with van der Waals surface area (Å²) < 4.78 is 5.09. The number of nitrogens with one attached hydrogen (secondary N) is 2. The van der Waals surface area contributed by atoms with Crippen LogP contribution in [0.5, 0.6) is 5.75 Å². The molecule has 7 nitrogen and oxygen atoms in total. The summed E-state index contributed by atoms with van der Waals surface area (Å²) >= 11 is 6.06. The molecule has 0 bridgehead atoms. The Kier molecular flexibility index (Phi) is 5.50. The predicted molar refractivity (Wildman–Crippen MR) is 102 cm³/mol. The summed E-state index contributed by atoms with van der Waals surface area (Å²) in [4.78, 5) is 20.7. The van der Waals surface area contributed by atoms with Crippen molar-refractivity contribution in [2.45, 2.75) is 0 Å². The first-order valence-electron chi connectivity index (χ1n) is 7.84. The van der Waals surface area contributed by atoms with E-state index in [0.717, 1.165) is 0 Å². The Morgan fingerprint density at radius 2 is 1.89 bits per heavy atom. The zero-order chi connectivity index (χ0) is 19.2. The van der Waals surface area contributed by atoms with Crippen molar-refractivity contribution in [3.05, 3.63) is 71.0 Å². The van der Waals surface area contributed by atoms with Gasteiger partial charge in [-0.3, -0.25) is 4.79 Å². The van der Waals surface area contributed by atoms with Crippen LogP contribution in [0.25, 0.3) is 0 Å². The Hall–Kier alpha value is -3.63. The fraction of sp³-hybridized carbons (Fsp3) is 0.0526. The second-order valence-corrected chi connectivity index (χ2v) is 5.79. The molecule has 0 radical (unpaired) electrons. The molecule has 8 heteroatoms. The van der Waals surface area contributed by atoms with Crippen LogP contribution in [0.3, 0.4) is 0 Å². The summed E-state index contributed by atoms with van der Waals surface area (Å²) in [7, 11) is 1.52. The molecular formula is C19H14ClN5O2. The van der Waals surface area contributed by atoms with Gasteiger partial charge in [-0.05, 0) is 48.5 Å². The minimum Gasteiger partial charge on any atom is -0.495 e. The molecule has 1 heterocycles. The molecule has 27 heavy (non-hydrogen) atoms. The van der Waals surface area contributed by atoms with E-state index in [0.29, 0.717) is 27.7 Å². The SMILES string of the molecule is COc1ccc(NC(=O)c2ccnc(Nc3ccc(C#N)cc3)n2)cc1Cl. The number of nitriles is 1. The van der Waals surface area contributed by atoms with Gasteiger partial charge in [0.25, 0.3) is 5.91 Å². The first-order chi connectivity index (χ1) is 13.1. The molecule has 2 aromatic carbocycles. The monoisotopic (exact) mass is 379 g/mol. The van der Waals surface area contributed by atoms with Gasteiger partial charge in [0.2, 0.25) is 5.95 Å². The minimum atomic E-state index is -0.401. The van der Waals surface area contributed by atoms with Crippen molar-refractivity contribution in [3.63, 3.8) is 0 Å². The van der Waals surface area contributed by atoms with Crippen LogP contribution in [-0.2, 0) is 0 Å². The largest absolute Gasteiger partial charge is 0.495 e. The Bertz CT molecular complexity index is 1020. The number of benzene rings is 2. The number of methoxy groups -OCH3 is 1. The van der Waals surface area contributed by atoms with E-state index in [1.807, 2.05) is 6.07 Å². The highest BCUT2D eigenvalue weighted by molar-refractivity contribution is 6.32. The Morgan fingerprint density at radius 3 is 2.56 bits per heavy atom. The van der Waals surface area contributed by atoms with Crippen LogP contribution in [0.4, 0.5) is 17.3 Å². The zero-order valence-corrected chi connectivity index (χ0v) is 15.0. The van der Waals surface area contributed by atoms with Crippen molar-refractivity contribution in [2.75, 3.05) is 17.7 Å². The molecule has 3 rings (SSSR count). The lowest BCUT2D eigenvalue weighted by Crippen LogP contribution is -2.14. The maximum absolute atomic E-state index is 12.4. The highest BCUT2D eigenvalue weighted by atomic mass is 35.5. The van der Waals surface area contributed by atoms with E-state index in [2.05, 4.69) is 20.6 Å². The van der Waals surface area contributed by atoms with E-state index < -0.39 is 5.91 Å². The molecule has 0 saturated carbocycles. The van der Waals surface area contributed by atoms with Crippen LogP contribution in [0.1, 0.15) is 16.1 Å². The van der Waals surface area contributed by atoms with Gasteiger partial charge < -0.3 is 15.4 Å². The summed E-state index contributed by atoms with van der Waals surface area (Å²) in [6.07, 6.45) is 1.48. The molecule has 0 saturated heterocycles. The summed E-state index contributed by atoms with van der Waals surface area (Å²) in [5.41, 5.74) is 1.96. The Balaban J connectivity index is 1.73. The van der Waals surface area contributed by atoms with Crippen LogP contribution < -0.4 is 15.4 Å². The summed E-state index contributed by atoms with van der Waals surface area (Å²) in [6, 6.07) is 15.3. The van der Waals surface area contributed by atoms with Crippen LogP contribution in [0, 0.1) is 11.3 Å². The maximum Gasteiger partial charge on any atom is 0.274 e. The van der Waals surface area contributed by atoms with Gasteiger partial charge in [-0.25, -0.2) is 9.97 Å². The smallest absolute Gasteiger partial charge is 0.274 e. The van der Waals surface area contributed by atoms with Gasteiger partial charge in [0, 0.05) is 17.6 Å². The maximum atomic E-state index is 12.4. The molecule has 0 fully saturated rings. The topological polar surface area (TPSA) is 99.9 Å². The van der Waals surface area contributed by atoms with Crippen LogP contribution in [0.2, 0.25) is 5.02 Å². The van der Waals surface area contributed by atoms with Crippen molar-refractivity contribution >= 4 is 34.8 Å². The van der Waals surface area contributed by atoms with Crippen molar-refractivity contribution < 1.29 is 9.53 Å². The number of rotatable bonds is 5. The van der Waals surface area contributed by atoms with Gasteiger partial charge >= 0.3 is 0 Å². The van der Waals surface area contributed by atoms with Crippen molar-refractivity contribution in [3.8, 4) is 11.8 Å². The lowest BCUT2D eigenvalue weighted by Gasteiger charge is -2.09. The first-order valence-corrected chi connectivity index (χ1v) is 8.22. The number of ether oxygens (including phenoxy) is 1. The molecule has 134 valence electrons. The van der Waals surface area contributed by atoms with Gasteiger partial charge in [-0.1, -0.05) is 11.6 Å². The number of hydrogen-bond acceptors (Lipinski definition) is 6. The Labute approximate surface area is 160 Å². The second kappa shape index (κ2) is 8.17. The average Bonchev–Trinajstić information content (AvgIpc) is 2.69. The molecule has 0 unspecified atom stereocenters. The second-order valence-electron chi connectivity index (χ2n) is 5.38. The van der Waals surface area contributed by atoms with Crippen molar-refractivity contribution in [2.24, 2.45) is 0 Å². The van der Waals surface area contributed by atoms with Crippen LogP contribution in [-0.4, -0.2) is 23.0 Å². The third-order valence-corrected chi connectivity index (χ3v) is 3.86. The highest BCUT2D eigenvalue weighted by Gasteiger charge is 2.11. The van der Waals surface area contributed by atoms with E-state index in [4.69, 9.17) is 21.6 Å². The van der Waals surface area contributed by atoms with E-state index in [1.165, 1.54) is 19.4 Å². The number of nitrogens with zero attached hydrogens (tertiary/aromatic N) is 3. The zero-order valence-electron chi connectivity index (χ0n) is 14.2. The molecule has 3 aromatic rings. The number of carbonyl (C=O) groups excluding carboxylic acids is 1. The van der Waals surface area contributed by atoms with Gasteiger partial charge in [0.15, 0.2) is 0 Å². The number of anilines is 3. The molecule has 0 spiro atoms. The highest BCUT2D eigenvalue weighted by Crippen LogP contribution is 2.27. The normalized spacial score (nSPS) is 9.96. The predicted octanol–water partition coefficient (Wildman–Crippen LogP) is 4.01. The lowest BCUT2D eigenvalue weighted by atomic mass is 10.2. The number of carbonyl (C=O) groups is 1. The summed E-state index contributed by atoms with van der Waals surface area (Å²) in [5.74, 6) is 0.382. The fourth-order valence-corrected chi connectivity index (χ4v) is 2.50. The molecule has 2 N–H and O–H groups in total. The minimum absolute atomic E-state index is 0.188. The van der Waals surface area contributed by atoms with E-state index >= 15 is 0 Å². The van der Waals surface area contributed by atoms with Gasteiger partial charge in [-0.15, -0.1) is 0 Å². The quantitative estimate of drug-likeness (QED) is 0.694. The molecule has 0 aliphatic carbocycles. The molecular weight excluding hydrogens is 366 g/mol. The average molecular weight is 380 g/mol. The number of aromatic nitrogens is 2. The van der Waals surface area contributed by atoms with Crippen LogP contribution in [0.15, 0.2) is 54.7 Å². The van der Waals surface area contributed by atoms with E-state index in [1.54, 1.807) is 42.5 Å². The van der Waals surface area contributed by atoms with E-state index in [9.17, 15) is 4.79 Å². The third-order valence-electron chi connectivity index (χ3n) is 3.57. The number of amides is 1. The Morgan fingerprint density at radius 1 is 1.15 bits per heavy atom. The van der Waals surface area contributed by atoms with Gasteiger partial charge in [0.05, 0.1) is 23.8 Å². The molecule has 0 atom stereocenters. The van der Waals surface area contributed by atoms with Gasteiger partial charge in [0.1, 0.15) is 11.4 Å². The fourth-order valence-electron chi connectivity index (χ4n) is 2.24. The molecule has 1 aromatic heterocycles. The lowest BCUT2D eigenvalue weighted by molar-refractivity contribution is 0.102. The number of halogens is 1. The standard InChI is InChI=1S/C19H14ClN5O2/c1-27-17-7-6-14(10-15(17)20)23-18(26)16-8-9-22-19(25-16)24-13-4-2-12(11-21)3-5-13/h2-10H,1H3,(H,23,26)(H,22,24,25). The third kappa shape index (κ3) is 4.51. The molecule has 0 aliphatic rings.